The molecule has 1 aliphatic rings. The fourth-order valence-electron chi connectivity index (χ4n) is 6.27. The van der Waals surface area contributed by atoms with E-state index >= 15 is 0 Å². The topological polar surface area (TPSA) is 133 Å². The Morgan fingerprint density at radius 2 is 1.82 bits per heavy atom. The average molecular weight is 690 g/mol. The zero-order valence-electron chi connectivity index (χ0n) is 28.6. The van der Waals surface area contributed by atoms with Gasteiger partial charge in [-0.1, -0.05) is 50.2 Å². The molecule has 1 saturated heterocycles. The number of carbonyl (C=O) groups excluding carboxylic acids is 2. The van der Waals surface area contributed by atoms with E-state index in [1.165, 1.54) is 0 Å². The number of nitrogens with zero attached hydrogens (tertiary/aromatic N) is 5. The molecule has 2 amide bonds. The van der Waals surface area contributed by atoms with E-state index in [2.05, 4.69) is 50.5 Å². The first-order chi connectivity index (χ1) is 24.2. The van der Waals surface area contributed by atoms with Crippen molar-refractivity contribution in [1.82, 2.24) is 35.5 Å². The number of amides is 2. The zero-order chi connectivity index (χ0) is 35.0. The number of nitrogens with one attached hydrogen (secondary N) is 2. The predicted molar refractivity (Wildman–Crippen MR) is 195 cm³/mol. The van der Waals surface area contributed by atoms with Crippen molar-refractivity contribution >= 4 is 23.2 Å². The fraction of sp³-hybridized carbons (Fsp3) is 0.333. The highest BCUT2D eigenvalue weighted by Crippen LogP contribution is 2.35. The molecule has 3 N–H and O–H groups in total. The van der Waals surface area contributed by atoms with Crippen molar-refractivity contribution in [3.05, 3.63) is 129 Å². The van der Waals surface area contributed by atoms with Gasteiger partial charge in [-0.15, -0.1) is 11.3 Å². The van der Waals surface area contributed by atoms with Gasteiger partial charge in [0.1, 0.15) is 5.01 Å². The van der Waals surface area contributed by atoms with Crippen molar-refractivity contribution < 1.29 is 14.7 Å². The Hall–Kier alpha value is -4.84. The summed E-state index contributed by atoms with van der Waals surface area (Å²) in [6.07, 6.45) is 9.69. The van der Waals surface area contributed by atoms with Gasteiger partial charge >= 0.3 is 0 Å². The van der Waals surface area contributed by atoms with Gasteiger partial charge < -0.3 is 20.6 Å². The lowest BCUT2D eigenvalue weighted by Crippen LogP contribution is -2.48. The molecule has 3 aromatic heterocycles. The van der Waals surface area contributed by atoms with Gasteiger partial charge in [-0.05, 0) is 67.0 Å². The first kappa shape index (κ1) is 35.0. The van der Waals surface area contributed by atoms with Crippen LogP contribution >= 0.6 is 11.3 Å². The minimum atomic E-state index is -0.906. The maximum atomic E-state index is 14.1. The summed E-state index contributed by atoms with van der Waals surface area (Å²) in [5.41, 5.74) is 5.93. The van der Waals surface area contributed by atoms with Crippen LogP contribution in [0.2, 0.25) is 0 Å². The normalized spacial score (nSPS) is 15.6. The molecule has 0 radical (unpaired) electrons. The highest BCUT2D eigenvalue weighted by Gasteiger charge is 2.33. The molecule has 10 nitrogen and oxygen atoms in total. The largest absolute Gasteiger partial charge is 0.390 e. The van der Waals surface area contributed by atoms with E-state index in [1.807, 2.05) is 59.9 Å². The first-order valence-electron chi connectivity index (χ1n) is 17.1. The molecule has 4 heterocycles. The van der Waals surface area contributed by atoms with Crippen molar-refractivity contribution in [1.29, 1.82) is 0 Å². The molecule has 1 fully saturated rings. The third kappa shape index (κ3) is 8.65. The van der Waals surface area contributed by atoms with Crippen molar-refractivity contribution in [3.8, 4) is 11.3 Å². The lowest BCUT2D eigenvalue weighted by Gasteiger charge is -2.26. The van der Waals surface area contributed by atoms with E-state index in [-0.39, 0.29) is 18.5 Å². The Morgan fingerprint density at radius 3 is 2.56 bits per heavy atom. The molecule has 258 valence electrons. The molecular formula is C39H43N7O3S. The van der Waals surface area contributed by atoms with E-state index < -0.39 is 18.1 Å². The number of hydrogen-bond acceptors (Lipinski definition) is 9. The summed E-state index contributed by atoms with van der Waals surface area (Å²) in [6.45, 7) is 7.60. The lowest BCUT2D eigenvalue weighted by atomic mass is 9.98. The Kier molecular flexibility index (Phi) is 11.4. The average Bonchev–Trinajstić information content (AvgIpc) is 3.81. The molecule has 11 heteroatoms. The van der Waals surface area contributed by atoms with Gasteiger partial charge in [0.25, 0.3) is 11.8 Å². The highest BCUT2D eigenvalue weighted by atomic mass is 32.1. The van der Waals surface area contributed by atoms with Crippen LogP contribution in [-0.4, -0.2) is 67.0 Å². The minimum Gasteiger partial charge on any atom is -0.390 e. The standard InChI is InChI=1S/C39H43N7O3S/c1-25(2)32-14-28(19-41-21-32)20-42-23-36(47)33(15-27-8-5-4-6-9-27)45-37(48)30-16-29(34-22-40-11-12-43-34)17-31(18-30)39(49)46-13-7-10-35(46)38-44-26(3)24-50-38/h4-6,8-9,11-12,14,16-19,21-22,24-25,33,35-36,42,47H,7,10,13,15,20,23H2,1-3H3,(H,45,48)/t33-,35?,36+/m0/s1. The first-order valence-corrected chi connectivity index (χ1v) is 17.9. The van der Waals surface area contributed by atoms with Crippen LogP contribution in [0, 0.1) is 6.92 Å². The number of aryl methyl sites for hydroxylation is 1. The monoisotopic (exact) mass is 689 g/mol. The van der Waals surface area contributed by atoms with Crippen LogP contribution in [-0.2, 0) is 13.0 Å². The minimum absolute atomic E-state index is 0.111. The number of carbonyl (C=O) groups is 2. The summed E-state index contributed by atoms with van der Waals surface area (Å²) in [7, 11) is 0. The number of pyridine rings is 1. The summed E-state index contributed by atoms with van der Waals surface area (Å²) in [6, 6.07) is 16.3. The maximum absolute atomic E-state index is 14.1. The molecule has 5 aromatic rings. The molecule has 0 saturated carbocycles. The molecule has 3 atom stereocenters. The molecule has 0 spiro atoms. The van der Waals surface area contributed by atoms with Gasteiger partial charge in [-0.2, -0.15) is 0 Å². The van der Waals surface area contributed by atoms with Gasteiger partial charge in [0.05, 0.1) is 30.1 Å². The van der Waals surface area contributed by atoms with Gasteiger partial charge in [-0.3, -0.25) is 24.5 Å². The van der Waals surface area contributed by atoms with E-state index in [0.717, 1.165) is 40.2 Å². The molecule has 6 rings (SSSR count). The second-order valence-electron chi connectivity index (χ2n) is 13.1. The number of thiazole rings is 1. The number of benzene rings is 2. The van der Waals surface area contributed by atoms with Crippen LogP contribution in [0.4, 0.5) is 0 Å². The number of likely N-dealkylation sites (tertiary alicyclic amines) is 1. The quantitative estimate of drug-likeness (QED) is 0.139. The van der Waals surface area contributed by atoms with E-state index in [4.69, 9.17) is 0 Å². The van der Waals surface area contributed by atoms with Crippen LogP contribution in [0.15, 0.2) is 91.0 Å². The zero-order valence-corrected chi connectivity index (χ0v) is 29.4. The number of hydrogen-bond donors (Lipinski definition) is 3. The molecule has 0 aliphatic carbocycles. The van der Waals surface area contributed by atoms with Crippen LogP contribution in [0.5, 0.6) is 0 Å². The van der Waals surface area contributed by atoms with Gasteiger partial charge in [0, 0.05) is 72.2 Å². The molecule has 1 aliphatic heterocycles. The second-order valence-corrected chi connectivity index (χ2v) is 14.0. The summed E-state index contributed by atoms with van der Waals surface area (Å²) in [4.78, 5) is 47.8. The number of aliphatic hydroxyl groups excluding tert-OH is 1. The van der Waals surface area contributed by atoms with Crippen molar-refractivity contribution in [2.24, 2.45) is 0 Å². The Balaban J connectivity index is 1.25. The van der Waals surface area contributed by atoms with Crippen molar-refractivity contribution in [3.63, 3.8) is 0 Å². The van der Waals surface area contributed by atoms with Crippen molar-refractivity contribution in [2.75, 3.05) is 13.1 Å². The molecule has 2 aromatic carbocycles. The van der Waals surface area contributed by atoms with Gasteiger partial charge in [0.15, 0.2) is 0 Å². The second kappa shape index (κ2) is 16.2. The predicted octanol–water partition coefficient (Wildman–Crippen LogP) is 5.90. The van der Waals surface area contributed by atoms with Crippen LogP contribution in [0.1, 0.15) is 86.8 Å². The molecule has 50 heavy (non-hydrogen) atoms. The van der Waals surface area contributed by atoms with Gasteiger partial charge in [0.2, 0.25) is 0 Å². The number of rotatable bonds is 13. The smallest absolute Gasteiger partial charge is 0.254 e. The van der Waals surface area contributed by atoms with Crippen molar-refractivity contribution in [2.45, 2.75) is 70.7 Å². The van der Waals surface area contributed by atoms with Crippen LogP contribution in [0.25, 0.3) is 11.3 Å². The maximum Gasteiger partial charge on any atom is 0.254 e. The Morgan fingerprint density at radius 1 is 1.00 bits per heavy atom. The third-order valence-electron chi connectivity index (χ3n) is 8.98. The molecule has 0 bridgehead atoms. The summed E-state index contributed by atoms with van der Waals surface area (Å²) >= 11 is 1.57. The van der Waals surface area contributed by atoms with Crippen LogP contribution < -0.4 is 10.6 Å². The fourth-order valence-corrected chi connectivity index (χ4v) is 7.21. The Bertz CT molecular complexity index is 1900. The highest BCUT2D eigenvalue weighted by molar-refractivity contribution is 7.09. The van der Waals surface area contributed by atoms with E-state index in [9.17, 15) is 14.7 Å². The summed E-state index contributed by atoms with van der Waals surface area (Å²) in [5, 5.41) is 20.8. The lowest BCUT2D eigenvalue weighted by molar-refractivity contribution is 0.0735. The van der Waals surface area contributed by atoms with Crippen LogP contribution in [0.3, 0.4) is 0 Å². The number of aliphatic hydroxyl groups is 1. The SMILES string of the molecule is Cc1csc(C2CCCN2C(=O)c2cc(C(=O)N[C@@H](Cc3ccccc3)[C@H](O)CNCc3cncc(C(C)C)c3)cc(-c3cnccn3)c2)n1. The van der Waals surface area contributed by atoms with E-state index in [1.54, 1.807) is 48.1 Å². The summed E-state index contributed by atoms with van der Waals surface area (Å²) in [5.74, 6) is -0.200. The van der Waals surface area contributed by atoms with E-state index in [0.29, 0.717) is 47.8 Å². The molecule has 1 unspecified atom stereocenters. The summed E-state index contributed by atoms with van der Waals surface area (Å²) < 4.78 is 0. The molecular weight excluding hydrogens is 647 g/mol. The van der Waals surface area contributed by atoms with Gasteiger partial charge in [-0.25, -0.2) is 4.98 Å². The third-order valence-corrected chi connectivity index (χ3v) is 10.0. The number of aromatic nitrogens is 4. The Labute approximate surface area is 297 Å².